The lowest BCUT2D eigenvalue weighted by Gasteiger charge is -2.30. The number of hydrogen-bond acceptors (Lipinski definition) is 3. The van der Waals surface area contributed by atoms with E-state index in [1.807, 2.05) is 25.2 Å². The Bertz CT molecular complexity index is 1030. The molecule has 1 aromatic heterocycles. The average Bonchev–Trinajstić information content (AvgIpc) is 3.15. The van der Waals surface area contributed by atoms with Gasteiger partial charge in [0.25, 0.3) is 0 Å². The molecule has 0 spiro atoms. The number of halogens is 2. The van der Waals surface area contributed by atoms with Gasteiger partial charge in [-0.15, -0.1) is 11.3 Å². The van der Waals surface area contributed by atoms with E-state index in [0.29, 0.717) is 15.6 Å². The van der Waals surface area contributed by atoms with Gasteiger partial charge in [-0.05, 0) is 78.2 Å². The van der Waals surface area contributed by atoms with Crippen molar-refractivity contribution in [1.82, 2.24) is 0 Å². The number of thiophene rings is 1. The summed E-state index contributed by atoms with van der Waals surface area (Å²) in [7, 11) is 0. The van der Waals surface area contributed by atoms with Crippen LogP contribution in [-0.2, 0) is 24.2 Å². The summed E-state index contributed by atoms with van der Waals surface area (Å²) in [6, 6.07) is 11.8. The van der Waals surface area contributed by atoms with Gasteiger partial charge in [0, 0.05) is 39.4 Å². The second-order valence-corrected chi connectivity index (χ2v) is 9.24. The highest BCUT2D eigenvalue weighted by Gasteiger charge is 2.19. The molecule has 0 saturated heterocycles. The van der Waals surface area contributed by atoms with E-state index in [1.54, 1.807) is 18.2 Å². The van der Waals surface area contributed by atoms with Gasteiger partial charge in [0.15, 0.2) is 0 Å². The Balaban J connectivity index is 1.51. The maximum Gasteiger partial charge on any atom is 0.228 e. The van der Waals surface area contributed by atoms with E-state index in [-0.39, 0.29) is 12.3 Å². The van der Waals surface area contributed by atoms with Crippen LogP contribution < -0.4 is 10.2 Å². The number of hydrogen-bond donors (Lipinski definition) is 1. The number of benzene rings is 2. The first kappa shape index (κ1) is 20.3. The lowest BCUT2D eigenvalue weighted by molar-refractivity contribution is -0.115. The van der Waals surface area contributed by atoms with Crippen LogP contribution in [0.15, 0.2) is 41.8 Å². The Morgan fingerprint density at radius 3 is 2.52 bits per heavy atom. The van der Waals surface area contributed by atoms with Crippen molar-refractivity contribution in [3.05, 3.63) is 79.0 Å². The quantitative estimate of drug-likeness (QED) is 0.503. The van der Waals surface area contributed by atoms with E-state index in [1.165, 1.54) is 16.1 Å². The van der Waals surface area contributed by atoms with E-state index >= 15 is 0 Å². The molecule has 1 amide bonds. The fourth-order valence-corrected chi connectivity index (χ4v) is 5.26. The van der Waals surface area contributed by atoms with E-state index in [9.17, 15) is 4.79 Å². The standard InChI is InChI=1S/C23H22Cl2N2OS/c1-14-10-17(27-8-6-21-16(13-27)7-9-29-21)11-15(2)23(14)26-22(28)12-18-19(24)4-3-5-20(18)25/h3-5,7,9-11H,6,8,12-13H2,1-2H3,(H,26,28). The Labute approximate surface area is 185 Å². The molecule has 29 heavy (non-hydrogen) atoms. The number of rotatable bonds is 4. The van der Waals surface area contributed by atoms with Crippen molar-refractivity contribution in [3.8, 4) is 0 Å². The van der Waals surface area contributed by atoms with Crippen molar-refractivity contribution in [1.29, 1.82) is 0 Å². The highest BCUT2D eigenvalue weighted by molar-refractivity contribution is 7.10. The fraction of sp³-hybridized carbons (Fsp3) is 0.261. The van der Waals surface area contributed by atoms with Crippen LogP contribution in [0.5, 0.6) is 0 Å². The number of aryl methyl sites for hydroxylation is 2. The van der Waals surface area contributed by atoms with Gasteiger partial charge < -0.3 is 10.2 Å². The number of nitrogens with zero attached hydrogens (tertiary/aromatic N) is 1. The molecule has 6 heteroatoms. The third-order valence-electron chi connectivity index (χ3n) is 5.35. The SMILES string of the molecule is Cc1cc(N2CCc3sccc3C2)cc(C)c1NC(=O)Cc1c(Cl)cccc1Cl. The Kier molecular flexibility index (Phi) is 5.86. The van der Waals surface area contributed by atoms with Gasteiger partial charge in [0.2, 0.25) is 5.91 Å². The molecule has 2 heterocycles. The molecule has 4 rings (SSSR count). The lowest BCUT2D eigenvalue weighted by atomic mass is 10.0. The summed E-state index contributed by atoms with van der Waals surface area (Å²) >= 11 is 14.3. The van der Waals surface area contributed by atoms with Gasteiger partial charge in [-0.2, -0.15) is 0 Å². The van der Waals surface area contributed by atoms with Crippen LogP contribution in [0.3, 0.4) is 0 Å². The Morgan fingerprint density at radius 2 is 1.83 bits per heavy atom. The van der Waals surface area contributed by atoms with Crippen LogP contribution in [-0.4, -0.2) is 12.5 Å². The zero-order valence-corrected chi connectivity index (χ0v) is 18.7. The second-order valence-electron chi connectivity index (χ2n) is 7.42. The van der Waals surface area contributed by atoms with Gasteiger partial charge in [-0.3, -0.25) is 4.79 Å². The summed E-state index contributed by atoms with van der Waals surface area (Å²) in [5.74, 6) is -0.125. The second kappa shape index (κ2) is 8.39. The molecule has 1 N–H and O–H groups in total. The smallest absolute Gasteiger partial charge is 0.228 e. The monoisotopic (exact) mass is 444 g/mol. The molecule has 0 radical (unpaired) electrons. The van der Waals surface area contributed by atoms with E-state index in [0.717, 1.165) is 36.3 Å². The third kappa shape index (κ3) is 4.30. The highest BCUT2D eigenvalue weighted by Crippen LogP contribution is 2.32. The molecule has 0 fully saturated rings. The van der Waals surface area contributed by atoms with Crippen LogP contribution in [0.2, 0.25) is 10.0 Å². The van der Waals surface area contributed by atoms with Crippen molar-refractivity contribution in [2.75, 3.05) is 16.8 Å². The van der Waals surface area contributed by atoms with Crippen LogP contribution in [0.25, 0.3) is 0 Å². The number of carbonyl (C=O) groups excluding carboxylic acids is 1. The molecule has 150 valence electrons. The minimum atomic E-state index is -0.125. The maximum atomic E-state index is 12.6. The molecule has 3 nitrogen and oxygen atoms in total. The van der Waals surface area contributed by atoms with Crippen molar-refractivity contribution >= 4 is 51.8 Å². The summed E-state index contributed by atoms with van der Waals surface area (Å²) in [5.41, 5.74) is 6.23. The summed E-state index contributed by atoms with van der Waals surface area (Å²) in [6.07, 6.45) is 1.23. The normalized spacial score (nSPS) is 13.3. The molecule has 2 aromatic carbocycles. The molecule has 1 aliphatic rings. The van der Waals surface area contributed by atoms with Gasteiger partial charge in [-0.25, -0.2) is 0 Å². The van der Waals surface area contributed by atoms with Crippen LogP contribution in [0.1, 0.15) is 27.1 Å². The van der Waals surface area contributed by atoms with Crippen LogP contribution in [0, 0.1) is 13.8 Å². The van der Waals surface area contributed by atoms with Crippen molar-refractivity contribution in [3.63, 3.8) is 0 Å². The molecule has 0 saturated carbocycles. The summed E-state index contributed by atoms with van der Waals surface area (Å²) in [5, 5.41) is 6.24. The summed E-state index contributed by atoms with van der Waals surface area (Å²) < 4.78 is 0. The molecule has 0 bridgehead atoms. The topological polar surface area (TPSA) is 32.3 Å². The molecule has 0 aliphatic carbocycles. The predicted molar refractivity (Wildman–Crippen MR) is 124 cm³/mol. The minimum absolute atomic E-state index is 0.125. The average molecular weight is 445 g/mol. The van der Waals surface area contributed by atoms with Crippen LogP contribution in [0.4, 0.5) is 11.4 Å². The van der Waals surface area contributed by atoms with E-state index in [2.05, 4.69) is 33.8 Å². The van der Waals surface area contributed by atoms with Gasteiger partial charge in [0.05, 0.1) is 6.42 Å². The zero-order chi connectivity index (χ0) is 20.5. The first-order valence-electron chi connectivity index (χ1n) is 9.56. The van der Waals surface area contributed by atoms with Crippen molar-refractivity contribution < 1.29 is 4.79 Å². The van der Waals surface area contributed by atoms with Gasteiger partial charge in [0.1, 0.15) is 0 Å². The Morgan fingerprint density at radius 1 is 1.14 bits per heavy atom. The molecular formula is C23H22Cl2N2OS. The fourth-order valence-electron chi connectivity index (χ4n) is 3.83. The number of fused-ring (bicyclic) bond motifs is 1. The number of anilines is 2. The molecule has 1 aliphatic heterocycles. The highest BCUT2D eigenvalue weighted by atomic mass is 35.5. The predicted octanol–water partition coefficient (Wildman–Crippen LogP) is 6.42. The molecule has 0 unspecified atom stereocenters. The maximum absolute atomic E-state index is 12.6. The van der Waals surface area contributed by atoms with Crippen LogP contribution >= 0.6 is 34.5 Å². The van der Waals surface area contributed by atoms with Gasteiger partial charge in [-0.1, -0.05) is 29.3 Å². The van der Waals surface area contributed by atoms with Crippen molar-refractivity contribution in [2.45, 2.75) is 33.2 Å². The lowest BCUT2D eigenvalue weighted by Crippen LogP contribution is -2.29. The summed E-state index contributed by atoms with van der Waals surface area (Å²) in [6.45, 7) is 6.03. The zero-order valence-electron chi connectivity index (χ0n) is 16.4. The molecule has 0 atom stereocenters. The van der Waals surface area contributed by atoms with E-state index < -0.39 is 0 Å². The molecular weight excluding hydrogens is 423 g/mol. The number of nitrogens with one attached hydrogen (secondary N) is 1. The third-order valence-corrected chi connectivity index (χ3v) is 7.08. The van der Waals surface area contributed by atoms with Crippen molar-refractivity contribution in [2.24, 2.45) is 0 Å². The summed E-state index contributed by atoms with van der Waals surface area (Å²) in [4.78, 5) is 16.6. The first-order valence-corrected chi connectivity index (χ1v) is 11.2. The van der Waals surface area contributed by atoms with Gasteiger partial charge >= 0.3 is 0 Å². The first-order chi connectivity index (χ1) is 13.9. The largest absolute Gasteiger partial charge is 0.367 e. The number of carbonyl (C=O) groups is 1. The number of amides is 1. The molecule has 3 aromatic rings. The minimum Gasteiger partial charge on any atom is -0.367 e. The van der Waals surface area contributed by atoms with E-state index in [4.69, 9.17) is 23.2 Å². The Hall–Kier alpha value is -2.01.